The Balaban J connectivity index is 1.82. The molecule has 2 unspecified atom stereocenters. The second kappa shape index (κ2) is 7.84. The molecule has 0 spiro atoms. The van der Waals surface area contributed by atoms with E-state index in [1.807, 2.05) is 20.8 Å². The molecule has 0 radical (unpaired) electrons. The van der Waals surface area contributed by atoms with Gasteiger partial charge in [0.15, 0.2) is 11.6 Å². The van der Waals surface area contributed by atoms with Crippen LogP contribution in [0.25, 0.3) is 0 Å². The first kappa shape index (κ1) is 25.3. The van der Waals surface area contributed by atoms with E-state index in [1.165, 1.54) is 7.11 Å². The highest BCUT2D eigenvalue weighted by Crippen LogP contribution is 2.70. The summed E-state index contributed by atoms with van der Waals surface area (Å²) < 4.78 is 4.81. The van der Waals surface area contributed by atoms with E-state index < -0.39 is 27.8 Å². The van der Waals surface area contributed by atoms with Crippen molar-refractivity contribution in [2.45, 2.75) is 92.6 Å². The lowest BCUT2D eigenvalue weighted by Gasteiger charge is -2.59. The largest absolute Gasteiger partial charge is 0.469 e. The molecule has 0 aromatic heterocycles. The number of aliphatic hydroxyl groups is 1. The van der Waals surface area contributed by atoms with Crippen LogP contribution in [0.5, 0.6) is 0 Å². The molecule has 4 rings (SSSR count). The number of Topliss-reactive ketones (excluding diaryl/α,β-unsaturated/α-hetero) is 3. The third-order valence-electron chi connectivity index (χ3n) is 10.9. The van der Waals surface area contributed by atoms with Crippen molar-refractivity contribution in [1.82, 2.24) is 0 Å². The number of ether oxygens (including phenoxy) is 1. The first-order chi connectivity index (χ1) is 15.7. The number of hydrogen-bond donors (Lipinski definition) is 1. The van der Waals surface area contributed by atoms with E-state index in [9.17, 15) is 24.3 Å². The van der Waals surface area contributed by atoms with Crippen molar-refractivity contribution in [3.8, 4) is 0 Å². The zero-order chi connectivity index (χ0) is 25.4. The molecule has 188 valence electrons. The van der Waals surface area contributed by atoms with Crippen LogP contribution in [0.4, 0.5) is 0 Å². The van der Waals surface area contributed by atoms with Crippen molar-refractivity contribution in [1.29, 1.82) is 0 Å². The number of ketones is 3. The highest BCUT2D eigenvalue weighted by atomic mass is 16.5. The molecule has 2 saturated carbocycles. The summed E-state index contributed by atoms with van der Waals surface area (Å²) in [7, 11) is 1.38. The number of carbonyl (C=O) groups excluding carboxylic acids is 4. The number of aliphatic hydroxyl groups excluding tert-OH is 1. The third-order valence-corrected chi connectivity index (χ3v) is 10.9. The van der Waals surface area contributed by atoms with E-state index >= 15 is 0 Å². The van der Waals surface area contributed by atoms with Gasteiger partial charge in [-0.1, -0.05) is 41.5 Å². The molecular formula is C28H40O6. The summed E-state index contributed by atoms with van der Waals surface area (Å²) in [5, 5.41) is 11.5. The van der Waals surface area contributed by atoms with Gasteiger partial charge >= 0.3 is 5.97 Å². The molecule has 0 saturated heterocycles. The monoisotopic (exact) mass is 472 g/mol. The van der Waals surface area contributed by atoms with Gasteiger partial charge in [-0.2, -0.15) is 0 Å². The smallest absolute Gasteiger partial charge is 0.305 e. The minimum absolute atomic E-state index is 0.0000538. The molecule has 4 aliphatic carbocycles. The maximum atomic E-state index is 14.0. The Kier molecular flexibility index (Phi) is 5.83. The highest BCUT2D eigenvalue weighted by Gasteiger charge is 2.70. The summed E-state index contributed by atoms with van der Waals surface area (Å²) in [5.41, 5.74) is -1.51. The Morgan fingerprint density at radius 3 is 2.35 bits per heavy atom. The number of allylic oxidation sites excluding steroid dienone is 1. The maximum absolute atomic E-state index is 14.0. The van der Waals surface area contributed by atoms with Crippen LogP contribution in [0.15, 0.2) is 11.1 Å². The Hall–Kier alpha value is -1.82. The van der Waals surface area contributed by atoms with Gasteiger partial charge in [0.1, 0.15) is 5.78 Å². The lowest BCUT2D eigenvalue weighted by atomic mass is 9.42. The fourth-order valence-electron chi connectivity index (χ4n) is 8.56. The van der Waals surface area contributed by atoms with Crippen molar-refractivity contribution in [2.75, 3.05) is 7.11 Å². The molecule has 1 N–H and O–H groups in total. The van der Waals surface area contributed by atoms with E-state index in [2.05, 4.69) is 20.8 Å². The second-order valence-corrected chi connectivity index (χ2v) is 12.7. The lowest BCUT2D eigenvalue weighted by molar-refractivity contribution is -0.147. The second-order valence-electron chi connectivity index (χ2n) is 12.7. The minimum atomic E-state index is -0.836. The summed E-state index contributed by atoms with van der Waals surface area (Å²) in [6, 6.07) is 0. The summed E-state index contributed by atoms with van der Waals surface area (Å²) in [5.74, 6) is -0.311. The quantitative estimate of drug-likeness (QED) is 0.615. The van der Waals surface area contributed by atoms with Gasteiger partial charge in [0.25, 0.3) is 0 Å². The first-order valence-electron chi connectivity index (χ1n) is 12.8. The number of fused-ring (bicyclic) bond motifs is 4. The summed E-state index contributed by atoms with van der Waals surface area (Å²) in [4.78, 5) is 52.3. The average Bonchev–Trinajstić information content (AvgIpc) is 2.97. The van der Waals surface area contributed by atoms with E-state index in [-0.39, 0.29) is 53.9 Å². The Morgan fingerprint density at radius 2 is 1.74 bits per heavy atom. The standard InChI is InChI=1S/C28H40O6/c1-15(8-9-22(33)34-7)16-12-21(32)28(6)24-17(29)13-19-25(2,3)20(31)10-11-26(19,4)23(24)18(30)14-27(16,28)5/h15-16,19,21,32H,8-14H2,1-7H3/t15?,16-,19?,21+,26+,27-,28+/m1/s1. The normalized spacial score (nSPS) is 42.1. The molecule has 0 heterocycles. The van der Waals surface area contributed by atoms with E-state index in [4.69, 9.17) is 4.74 Å². The van der Waals surface area contributed by atoms with Crippen LogP contribution in [0.2, 0.25) is 0 Å². The number of carbonyl (C=O) groups is 4. The Morgan fingerprint density at radius 1 is 1.09 bits per heavy atom. The molecule has 0 aromatic carbocycles. The van der Waals surface area contributed by atoms with Gasteiger partial charge < -0.3 is 9.84 Å². The van der Waals surface area contributed by atoms with Crippen LogP contribution in [0.1, 0.15) is 86.5 Å². The van der Waals surface area contributed by atoms with Crippen LogP contribution >= 0.6 is 0 Å². The topological polar surface area (TPSA) is 97.7 Å². The third kappa shape index (κ3) is 3.09. The predicted molar refractivity (Wildman–Crippen MR) is 127 cm³/mol. The number of methoxy groups -OCH3 is 1. The van der Waals surface area contributed by atoms with Gasteiger partial charge in [0.05, 0.1) is 13.2 Å². The Labute approximate surface area is 202 Å². The van der Waals surface area contributed by atoms with Crippen molar-refractivity contribution in [3.63, 3.8) is 0 Å². The molecule has 4 aliphatic rings. The van der Waals surface area contributed by atoms with Gasteiger partial charge in [-0.25, -0.2) is 0 Å². The fraction of sp³-hybridized carbons (Fsp3) is 0.786. The van der Waals surface area contributed by atoms with Crippen LogP contribution in [0.3, 0.4) is 0 Å². The molecule has 2 fully saturated rings. The SMILES string of the molecule is COC(=O)CCC(C)[C@H]1C[C@H](O)[C@@]2(C)C3=C(C(=O)C[C@]12C)[C@@]1(C)CCC(=O)C(C)(C)C1CC3=O. The number of esters is 1. The summed E-state index contributed by atoms with van der Waals surface area (Å²) >= 11 is 0. The van der Waals surface area contributed by atoms with Gasteiger partial charge in [0.2, 0.25) is 0 Å². The summed E-state index contributed by atoms with van der Waals surface area (Å²) in [6.07, 6.45) is 2.14. The van der Waals surface area contributed by atoms with Crippen molar-refractivity contribution < 1.29 is 29.0 Å². The zero-order valence-electron chi connectivity index (χ0n) is 21.7. The van der Waals surface area contributed by atoms with Gasteiger partial charge in [-0.05, 0) is 42.4 Å². The zero-order valence-corrected chi connectivity index (χ0v) is 21.7. The molecule has 0 aromatic rings. The van der Waals surface area contributed by atoms with E-state index in [0.717, 1.165) is 0 Å². The lowest BCUT2D eigenvalue weighted by Crippen LogP contribution is -2.59. The van der Waals surface area contributed by atoms with Crippen LogP contribution in [0, 0.1) is 39.4 Å². The molecular weight excluding hydrogens is 432 g/mol. The summed E-state index contributed by atoms with van der Waals surface area (Å²) in [6.45, 7) is 12.0. The van der Waals surface area contributed by atoms with Crippen molar-refractivity contribution in [3.05, 3.63) is 11.1 Å². The molecule has 0 bridgehead atoms. The predicted octanol–water partition coefficient (Wildman–Crippen LogP) is 4.22. The van der Waals surface area contributed by atoms with E-state index in [0.29, 0.717) is 43.3 Å². The van der Waals surface area contributed by atoms with Gasteiger partial charge in [-0.3, -0.25) is 19.2 Å². The fourth-order valence-corrected chi connectivity index (χ4v) is 8.56. The molecule has 0 aliphatic heterocycles. The van der Waals surface area contributed by atoms with Crippen LogP contribution < -0.4 is 0 Å². The minimum Gasteiger partial charge on any atom is -0.469 e. The van der Waals surface area contributed by atoms with E-state index in [1.54, 1.807) is 0 Å². The number of hydrogen-bond acceptors (Lipinski definition) is 6. The Bertz CT molecular complexity index is 991. The van der Waals surface area contributed by atoms with Crippen molar-refractivity contribution >= 4 is 23.3 Å². The molecule has 6 heteroatoms. The molecule has 0 amide bonds. The maximum Gasteiger partial charge on any atom is 0.305 e. The van der Waals surface area contributed by atoms with Gasteiger partial charge in [-0.15, -0.1) is 0 Å². The first-order valence-corrected chi connectivity index (χ1v) is 12.8. The molecule has 6 nitrogen and oxygen atoms in total. The average molecular weight is 473 g/mol. The van der Waals surface area contributed by atoms with Crippen LogP contribution in [-0.4, -0.2) is 41.6 Å². The van der Waals surface area contributed by atoms with Crippen molar-refractivity contribution in [2.24, 2.45) is 39.4 Å². The highest BCUT2D eigenvalue weighted by molar-refractivity contribution is 6.12. The number of rotatable bonds is 4. The van der Waals surface area contributed by atoms with Crippen LogP contribution in [-0.2, 0) is 23.9 Å². The van der Waals surface area contributed by atoms with Gasteiger partial charge in [0, 0.05) is 53.1 Å². The molecule has 7 atom stereocenters. The molecule has 34 heavy (non-hydrogen) atoms.